The summed E-state index contributed by atoms with van der Waals surface area (Å²) in [6.45, 7) is 4.26. The highest BCUT2D eigenvalue weighted by Gasteiger charge is 2.20. The molecule has 0 spiro atoms. The predicted molar refractivity (Wildman–Crippen MR) is 72.4 cm³/mol. The van der Waals surface area contributed by atoms with E-state index >= 15 is 0 Å². The van der Waals surface area contributed by atoms with E-state index in [0.717, 1.165) is 26.3 Å². The molecular formula is C13H20N2OS. The fourth-order valence-electron chi connectivity index (χ4n) is 2.21. The van der Waals surface area contributed by atoms with E-state index in [1.54, 1.807) is 11.8 Å². The van der Waals surface area contributed by atoms with Crippen molar-refractivity contribution >= 4 is 11.8 Å². The minimum atomic E-state index is 0.329. The Morgan fingerprint density at radius 3 is 2.47 bits per heavy atom. The Hall–Kier alpha value is -0.550. The second-order valence-electron chi connectivity index (χ2n) is 4.17. The van der Waals surface area contributed by atoms with Crippen LogP contribution in [0.4, 0.5) is 0 Å². The lowest BCUT2D eigenvalue weighted by molar-refractivity contribution is 0.0179. The SMILES string of the molecule is CSc1ccc(C(CN)N2CCOCC2)cc1. The first kappa shape index (κ1) is 12.9. The summed E-state index contributed by atoms with van der Waals surface area (Å²) < 4.78 is 5.38. The van der Waals surface area contributed by atoms with Gasteiger partial charge in [-0.15, -0.1) is 11.8 Å². The molecule has 0 amide bonds. The van der Waals surface area contributed by atoms with Gasteiger partial charge >= 0.3 is 0 Å². The van der Waals surface area contributed by atoms with Crippen LogP contribution in [0, 0.1) is 0 Å². The van der Waals surface area contributed by atoms with Gasteiger partial charge in [0.05, 0.1) is 13.2 Å². The Morgan fingerprint density at radius 1 is 1.29 bits per heavy atom. The number of morpholine rings is 1. The van der Waals surface area contributed by atoms with Crippen LogP contribution in [0.25, 0.3) is 0 Å². The lowest BCUT2D eigenvalue weighted by atomic mass is 10.1. The Bertz CT molecular complexity index is 336. The van der Waals surface area contributed by atoms with Gasteiger partial charge in [0.2, 0.25) is 0 Å². The van der Waals surface area contributed by atoms with Gasteiger partial charge in [0.25, 0.3) is 0 Å². The van der Waals surface area contributed by atoms with Crippen molar-refractivity contribution in [2.45, 2.75) is 10.9 Å². The van der Waals surface area contributed by atoms with Crippen LogP contribution in [0.3, 0.4) is 0 Å². The van der Waals surface area contributed by atoms with Gasteiger partial charge in [-0.1, -0.05) is 12.1 Å². The second-order valence-corrected chi connectivity index (χ2v) is 5.05. The standard InChI is InChI=1S/C13H20N2OS/c1-17-12-4-2-11(3-5-12)13(10-14)15-6-8-16-9-7-15/h2-5,13H,6-10,14H2,1H3. The third kappa shape index (κ3) is 3.22. The Balaban J connectivity index is 2.10. The minimum absolute atomic E-state index is 0.329. The van der Waals surface area contributed by atoms with E-state index in [2.05, 4.69) is 35.4 Å². The van der Waals surface area contributed by atoms with Gasteiger partial charge in [-0.2, -0.15) is 0 Å². The molecule has 1 atom stereocenters. The number of rotatable bonds is 4. The maximum absolute atomic E-state index is 5.92. The zero-order chi connectivity index (χ0) is 12.1. The van der Waals surface area contributed by atoms with Crippen LogP contribution in [0.15, 0.2) is 29.2 Å². The predicted octanol–water partition coefficient (Wildman–Crippen LogP) is 1.74. The van der Waals surface area contributed by atoms with Gasteiger partial charge in [0.1, 0.15) is 0 Å². The van der Waals surface area contributed by atoms with Crippen LogP contribution in [0.2, 0.25) is 0 Å². The van der Waals surface area contributed by atoms with Crippen molar-refractivity contribution in [1.29, 1.82) is 0 Å². The van der Waals surface area contributed by atoms with Crippen LogP contribution in [0.5, 0.6) is 0 Å². The highest BCUT2D eigenvalue weighted by Crippen LogP contribution is 2.23. The summed E-state index contributed by atoms with van der Waals surface area (Å²) in [4.78, 5) is 3.71. The number of ether oxygens (including phenoxy) is 1. The van der Waals surface area contributed by atoms with Crippen molar-refractivity contribution in [2.24, 2.45) is 5.73 Å². The van der Waals surface area contributed by atoms with Crippen molar-refractivity contribution < 1.29 is 4.74 Å². The minimum Gasteiger partial charge on any atom is -0.379 e. The molecule has 1 fully saturated rings. The molecule has 1 aliphatic heterocycles. The van der Waals surface area contributed by atoms with E-state index in [1.165, 1.54) is 10.5 Å². The third-order valence-corrected chi connectivity index (χ3v) is 3.95. The molecule has 1 aromatic rings. The van der Waals surface area contributed by atoms with Crippen molar-refractivity contribution in [3.05, 3.63) is 29.8 Å². The average molecular weight is 252 g/mol. The maximum atomic E-state index is 5.92. The summed E-state index contributed by atoms with van der Waals surface area (Å²) in [6.07, 6.45) is 2.09. The van der Waals surface area contributed by atoms with E-state index < -0.39 is 0 Å². The molecule has 2 N–H and O–H groups in total. The van der Waals surface area contributed by atoms with Gasteiger partial charge < -0.3 is 10.5 Å². The third-order valence-electron chi connectivity index (χ3n) is 3.21. The molecule has 0 bridgehead atoms. The van der Waals surface area contributed by atoms with Crippen molar-refractivity contribution in [2.75, 3.05) is 39.1 Å². The molecule has 1 saturated heterocycles. The molecular weight excluding hydrogens is 232 g/mol. The van der Waals surface area contributed by atoms with Crippen LogP contribution >= 0.6 is 11.8 Å². The van der Waals surface area contributed by atoms with E-state index in [-0.39, 0.29) is 0 Å². The lowest BCUT2D eigenvalue weighted by Gasteiger charge is -2.34. The Labute approximate surface area is 107 Å². The number of hydrogen-bond donors (Lipinski definition) is 1. The van der Waals surface area contributed by atoms with Crippen LogP contribution in [-0.2, 0) is 4.74 Å². The largest absolute Gasteiger partial charge is 0.379 e. The number of hydrogen-bond acceptors (Lipinski definition) is 4. The summed E-state index contributed by atoms with van der Waals surface area (Å²) in [5.74, 6) is 0. The molecule has 2 rings (SSSR count). The van der Waals surface area contributed by atoms with Gasteiger partial charge in [-0.3, -0.25) is 4.90 Å². The molecule has 0 radical (unpaired) electrons. The van der Waals surface area contributed by atoms with Crippen molar-refractivity contribution in [1.82, 2.24) is 4.90 Å². The first-order valence-corrected chi connectivity index (χ1v) is 7.23. The number of thioether (sulfide) groups is 1. The van der Waals surface area contributed by atoms with Gasteiger partial charge in [0, 0.05) is 30.6 Å². The fraction of sp³-hybridized carbons (Fsp3) is 0.538. The van der Waals surface area contributed by atoms with E-state index in [9.17, 15) is 0 Å². The highest BCUT2D eigenvalue weighted by atomic mass is 32.2. The summed E-state index contributed by atoms with van der Waals surface area (Å²) in [5, 5.41) is 0. The maximum Gasteiger partial charge on any atom is 0.0594 e. The fourth-order valence-corrected chi connectivity index (χ4v) is 2.62. The van der Waals surface area contributed by atoms with E-state index in [4.69, 9.17) is 10.5 Å². The lowest BCUT2D eigenvalue weighted by Crippen LogP contribution is -2.41. The normalized spacial score (nSPS) is 19.2. The van der Waals surface area contributed by atoms with E-state index in [0.29, 0.717) is 12.6 Å². The second kappa shape index (κ2) is 6.40. The van der Waals surface area contributed by atoms with E-state index in [1.807, 2.05) is 0 Å². The molecule has 1 aromatic carbocycles. The van der Waals surface area contributed by atoms with Crippen molar-refractivity contribution in [3.63, 3.8) is 0 Å². The molecule has 0 aliphatic carbocycles. The van der Waals surface area contributed by atoms with Crippen LogP contribution < -0.4 is 5.73 Å². The summed E-state index contributed by atoms with van der Waals surface area (Å²) in [6, 6.07) is 9.05. The first-order valence-electron chi connectivity index (χ1n) is 6.01. The molecule has 0 saturated carbocycles. The summed E-state index contributed by atoms with van der Waals surface area (Å²) >= 11 is 1.77. The molecule has 1 aliphatic rings. The Kier molecular flexibility index (Phi) is 4.86. The first-order chi connectivity index (χ1) is 8.35. The molecule has 17 heavy (non-hydrogen) atoms. The highest BCUT2D eigenvalue weighted by molar-refractivity contribution is 7.98. The number of nitrogens with zero attached hydrogens (tertiary/aromatic N) is 1. The molecule has 94 valence electrons. The molecule has 4 heteroatoms. The quantitative estimate of drug-likeness (QED) is 0.829. The van der Waals surface area contributed by atoms with Crippen LogP contribution in [-0.4, -0.2) is 44.0 Å². The van der Waals surface area contributed by atoms with Gasteiger partial charge in [0.15, 0.2) is 0 Å². The average Bonchev–Trinajstić information content (AvgIpc) is 2.42. The van der Waals surface area contributed by atoms with Gasteiger partial charge in [-0.25, -0.2) is 0 Å². The molecule has 3 nitrogen and oxygen atoms in total. The summed E-state index contributed by atoms with van der Waals surface area (Å²) in [5.41, 5.74) is 7.23. The molecule has 0 aromatic heterocycles. The van der Waals surface area contributed by atoms with Crippen LogP contribution in [0.1, 0.15) is 11.6 Å². The zero-order valence-corrected chi connectivity index (χ0v) is 11.1. The van der Waals surface area contributed by atoms with Gasteiger partial charge in [-0.05, 0) is 24.0 Å². The monoisotopic (exact) mass is 252 g/mol. The van der Waals surface area contributed by atoms with Crippen molar-refractivity contribution in [3.8, 4) is 0 Å². The number of benzene rings is 1. The molecule has 1 heterocycles. The summed E-state index contributed by atoms with van der Waals surface area (Å²) in [7, 11) is 0. The topological polar surface area (TPSA) is 38.5 Å². The zero-order valence-electron chi connectivity index (χ0n) is 10.3. The molecule has 1 unspecified atom stereocenters. The smallest absolute Gasteiger partial charge is 0.0594 e. The number of nitrogens with two attached hydrogens (primary N) is 1. The Morgan fingerprint density at radius 2 is 1.94 bits per heavy atom.